The lowest BCUT2D eigenvalue weighted by Gasteiger charge is -2.13. The number of hydrogen-bond donors (Lipinski definition) is 0. The largest absolute Gasteiger partial charge is 0.293 e. The lowest BCUT2D eigenvalue weighted by atomic mass is 10.2. The van der Waals surface area contributed by atoms with Gasteiger partial charge in [0.2, 0.25) is 0 Å². The molecule has 1 unspecified atom stereocenters. The van der Waals surface area contributed by atoms with E-state index in [1.807, 2.05) is 35.8 Å². The molecule has 1 aromatic heterocycles. The summed E-state index contributed by atoms with van der Waals surface area (Å²) in [4.78, 5) is 4.36. The van der Waals surface area contributed by atoms with Gasteiger partial charge in [0.25, 0.3) is 0 Å². The summed E-state index contributed by atoms with van der Waals surface area (Å²) in [6, 6.07) is 10.5. The average molecular weight is 323 g/mol. The van der Waals surface area contributed by atoms with Crippen LogP contribution in [0.5, 0.6) is 0 Å². The molecule has 3 rings (SSSR count). The summed E-state index contributed by atoms with van der Waals surface area (Å²) in [6.07, 6.45) is 0. The quantitative estimate of drug-likeness (QED) is 0.575. The van der Waals surface area contributed by atoms with Crippen LogP contribution in [0.25, 0.3) is 16.7 Å². The number of halogens is 3. The van der Waals surface area contributed by atoms with Gasteiger partial charge in [-0.25, -0.2) is 9.37 Å². The summed E-state index contributed by atoms with van der Waals surface area (Å²) < 4.78 is 15.8. The lowest BCUT2D eigenvalue weighted by Crippen LogP contribution is -2.03. The topological polar surface area (TPSA) is 17.8 Å². The van der Waals surface area contributed by atoms with Crippen LogP contribution in [0.1, 0.15) is 23.7 Å². The predicted molar refractivity (Wildman–Crippen MR) is 85.0 cm³/mol. The summed E-state index contributed by atoms with van der Waals surface area (Å²) >= 11 is 12.5. The maximum Gasteiger partial charge on any atom is 0.151 e. The average Bonchev–Trinajstić information content (AvgIpc) is 2.82. The van der Waals surface area contributed by atoms with Gasteiger partial charge >= 0.3 is 0 Å². The molecule has 0 amide bonds. The summed E-state index contributed by atoms with van der Waals surface area (Å²) in [7, 11) is 0. The van der Waals surface area contributed by atoms with E-state index in [1.54, 1.807) is 13.0 Å². The van der Waals surface area contributed by atoms with Crippen LogP contribution in [0.4, 0.5) is 4.39 Å². The Hall–Kier alpha value is -1.58. The Morgan fingerprint density at radius 2 is 2.00 bits per heavy atom. The predicted octanol–water partition coefficient (Wildman–Crippen LogP) is 5.43. The minimum absolute atomic E-state index is 0.303. The third-order valence-corrected chi connectivity index (χ3v) is 3.87. The molecule has 21 heavy (non-hydrogen) atoms. The van der Waals surface area contributed by atoms with Gasteiger partial charge in [0, 0.05) is 0 Å². The highest BCUT2D eigenvalue weighted by Crippen LogP contribution is 2.32. The number of fused-ring (bicyclic) bond motifs is 1. The molecular formula is C16H13Cl2FN2. The lowest BCUT2D eigenvalue weighted by molar-refractivity contribution is 0.637. The number of alkyl halides is 1. The van der Waals surface area contributed by atoms with Crippen LogP contribution in [0, 0.1) is 12.7 Å². The Kier molecular flexibility index (Phi) is 3.64. The van der Waals surface area contributed by atoms with E-state index < -0.39 is 0 Å². The Balaban J connectivity index is 2.42. The van der Waals surface area contributed by atoms with Crippen LogP contribution in [0.15, 0.2) is 36.4 Å². The van der Waals surface area contributed by atoms with Crippen molar-refractivity contribution in [3.8, 4) is 5.69 Å². The number of para-hydroxylation sites is 1. The summed E-state index contributed by atoms with van der Waals surface area (Å²) in [6.45, 7) is 3.78. The molecule has 1 atom stereocenters. The number of aromatic nitrogens is 2. The van der Waals surface area contributed by atoms with E-state index in [0.717, 1.165) is 11.3 Å². The highest BCUT2D eigenvalue weighted by molar-refractivity contribution is 6.32. The van der Waals surface area contributed by atoms with E-state index in [-0.39, 0.29) is 11.2 Å². The summed E-state index contributed by atoms with van der Waals surface area (Å²) in [5.41, 5.74) is 2.77. The Morgan fingerprint density at radius 3 is 2.71 bits per heavy atom. The standard InChI is InChI=1S/C16H13Cl2FN2/c1-9-6-7-11(18)14(8-9)21-13-5-3-4-12(19)15(13)20-16(21)10(2)17/h3-8,10H,1-2H3. The number of hydrogen-bond acceptors (Lipinski definition) is 1. The molecule has 108 valence electrons. The molecule has 5 heteroatoms. The van der Waals surface area contributed by atoms with Crippen molar-refractivity contribution in [1.82, 2.24) is 9.55 Å². The molecule has 0 radical (unpaired) electrons. The first kappa shape index (κ1) is 14.4. The Morgan fingerprint density at radius 1 is 1.24 bits per heavy atom. The van der Waals surface area contributed by atoms with Gasteiger partial charge in [-0.1, -0.05) is 23.7 Å². The van der Waals surface area contributed by atoms with E-state index in [1.165, 1.54) is 6.07 Å². The van der Waals surface area contributed by atoms with Gasteiger partial charge in [-0.05, 0) is 43.7 Å². The zero-order valence-electron chi connectivity index (χ0n) is 11.6. The van der Waals surface area contributed by atoms with Gasteiger partial charge in [0.15, 0.2) is 5.82 Å². The molecule has 0 saturated heterocycles. The zero-order chi connectivity index (χ0) is 15.1. The molecule has 0 aliphatic rings. The second-order valence-corrected chi connectivity index (χ2v) is 6.05. The maximum atomic E-state index is 14.0. The fraction of sp³-hybridized carbons (Fsp3) is 0.188. The molecule has 0 bridgehead atoms. The number of rotatable bonds is 2. The number of aryl methyl sites for hydroxylation is 1. The van der Waals surface area contributed by atoms with Crippen molar-refractivity contribution >= 4 is 34.2 Å². The van der Waals surface area contributed by atoms with Crippen molar-refractivity contribution in [2.75, 3.05) is 0 Å². The van der Waals surface area contributed by atoms with Gasteiger partial charge in [-0.15, -0.1) is 11.6 Å². The van der Waals surface area contributed by atoms with Crippen LogP contribution in [0.3, 0.4) is 0 Å². The van der Waals surface area contributed by atoms with Crippen LogP contribution < -0.4 is 0 Å². The number of benzene rings is 2. The van der Waals surface area contributed by atoms with Crippen LogP contribution in [-0.2, 0) is 0 Å². The van der Waals surface area contributed by atoms with Gasteiger partial charge in [-0.2, -0.15) is 0 Å². The number of imidazole rings is 1. The van der Waals surface area contributed by atoms with E-state index in [4.69, 9.17) is 23.2 Å². The molecule has 2 nitrogen and oxygen atoms in total. The van der Waals surface area contributed by atoms with Crippen molar-refractivity contribution in [3.05, 3.63) is 58.6 Å². The molecule has 0 fully saturated rings. The molecule has 0 aliphatic heterocycles. The molecule has 0 spiro atoms. The SMILES string of the molecule is Cc1ccc(Cl)c(-n2c(C(C)Cl)nc3c(F)cccc32)c1. The smallest absolute Gasteiger partial charge is 0.151 e. The van der Waals surface area contributed by atoms with Crippen molar-refractivity contribution in [2.24, 2.45) is 0 Å². The molecule has 2 aromatic carbocycles. The number of nitrogens with zero attached hydrogens (tertiary/aromatic N) is 2. The second-order valence-electron chi connectivity index (χ2n) is 4.98. The molecule has 3 aromatic rings. The van der Waals surface area contributed by atoms with E-state index in [2.05, 4.69) is 4.98 Å². The highest BCUT2D eigenvalue weighted by Gasteiger charge is 2.19. The van der Waals surface area contributed by atoms with Gasteiger partial charge < -0.3 is 0 Å². The Labute approximate surface area is 132 Å². The van der Waals surface area contributed by atoms with E-state index in [9.17, 15) is 4.39 Å². The molecule has 0 aliphatic carbocycles. The first-order chi connectivity index (χ1) is 9.99. The molecule has 0 N–H and O–H groups in total. The monoisotopic (exact) mass is 322 g/mol. The second kappa shape index (κ2) is 5.32. The Bertz CT molecular complexity index is 825. The van der Waals surface area contributed by atoms with Gasteiger partial charge in [-0.3, -0.25) is 4.57 Å². The first-order valence-electron chi connectivity index (χ1n) is 6.56. The van der Waals surface area contributed by atoms with E-state index >= 15 is 0 Å². The minimum Gasteiger partial charge on any atom is -0.293 e. The van der Waals surface area contributed by atoms with E-state index in [0.29, 0.717) is 21.9 Å². The normalized spacial score (nSPS) is 12.8. The van der Waals surface area contributed by atoms with Gasteiger partial charge in [0.1, 0.15) is 11.3 Å². The maximum absolute atomic E-state index is 14.0. The third kappa shape index (κ3) is 2.41. The van der Waals surface area contributed by atoms with Crippen LogP contribution >= 0.6 is 23.2 Å². The fourth-order valence-corrected chi connectivity index (χ4v) is 2.75. The summed E-state index contributed by atoms with van der Waals surface area (Å²) in [5, 5.41) is 0.205. The van der Waals surface area contributed by atoms with Crippen LogP contribution in [0.2, 0.25) is 5.02 Å². The third-order valence-electron chi connectivity index (χ3n) is 3.36. The van der Waals surface area contributed by atoms with Crippen molar-refractivity contribution in [1.29, 1.82) is 0 Å². The molecule has 1 heterocycles. The summed E-state index contributed by atoms with van der Waals surface area (Å²) in [5.74, 6) is 0.206. The highest BCUT2D eigenvalue weighted by atomic mass is 35.5. The minimum atomic E-state index is -0.367. The van der Waals surface area contributed by atoms with Crippen LogP contribution in [-0.4, -0.2) is 9.55 Å². The van der Waals surface area contributed by atoms with Crippen molar-refractivity contribution < 1.29 is 4.39 Å². The van der Waals surface area contributed by atoms with Crippen molar-refractivity contribution in [3.63, 3.8) is 0 Å². The molecule has 0 saturated carbocycles. The first-order valence-corrected chi connectivity index (χ1v) is 7.38. The fourth-order valence-electron chi connectivity index (χ4n) is 2.40. The van der Waals surface area contributed by atoms with Crippen molar-refractivity contribution in [2.45, 2.75) is 19.2 Å². The zero-order valence-corrected chi connectivity index (χ0v) is 13.1. The molecular weight excluding hydrogens is 310 g/mol. The van der Waals surface area contributed by atoms with Gasteiger partial charge in [0.05, 0.1) is 21.6 Å².